The number of aliphatic hydroxyl groups excluding tert-OH is 1. The molecule has 1 aromatic rings. The summed E-state index contributed by atoms with van der Waals surface area (Å²) >= 11 is 0. The lowest BCUT2D eigenvalue weighted by Crippen LogP contribution is -2.27. The molecule has 0 fully saturated rings. The van der Waals surface area contributed by atoms with Gasteiger partial charge in [-0.15, -0.1) is 0 Å². The zero-order valence-corrected chi connectivity index (χ0v) is 9.90. The summed E-state index contributed by atoms with van der Waals surface area (Å²) in [6.45, 7) is 0.511. The van der Waals surface area contributed by atoms with E-state index >= 15 is 0 Å². The Labute approximate surface area is 95.5 Å². The Kier molecular flexibility index (Phi) is 4.71. The van der Waals surface area contributed by atoms with Crippen molar-refractivity contribution in [3.63, 3.8) is 0 Å². The lowest BCUT2D eigenvalue weighted by atomic mass is 10.1. The van der Waals surface area contributed by atoms with Crippen molar-refractivity contribution in [1.82, 2.24) is 4.90 Å². The minimum atomic E-state index is -0.573. The normalized spacial score (nSPS) is 12.9. The molecule has 90 valence electrons. The second-order valence-corrected chi connectivity index (χ2v) is 4.05. The zero-order valence-electron chi connectivity index (χ0n) is 9.90. The van der Waals surface area contributed by atoms with E-state index in [2.05, 4.69) is 0 Å². The van der Waals surface area contributed by atoms with E-state index in [1.807, 2.05) is 19.0 Å². The third kappa shape index (κ3) is 3.47. The molecule has 0 spiro atoms. The quantitative estimate of drug-likeness (QED) is 0.823. The van der Waals surface area contributed by atoms with E-state index in [0.29, 0.717) is 18.5 Å². The molecule has 4 heteroatoms. The standard InChI is InChI=1S/C12H18FNO2/c1-14(2)8-10(15)7-9-5-4-6-11(16-3)12(9)13/h4-6,10,15H,7-8H2,1-3H3. The fourth-order valence-corrected chi connectivity index (χ4v) is 1.61. The van der Waals surface area contributed by atoms with Gasteiger partial charge in [-0.1, -0.05) is 12.1 Å². The van der Waals surface area contributed by atoms with Crippen LogP contribution < -0.4 is 4.74 Å². The van der Waals surface area contributed by atoms with Crippen LogP contribution in [0, 0.1) is 5.82 Å². The lowest BCUT2D eigenvalue weighted by molar-refractivity contribution is 0.136. The average Bonchev–Trinajstić information content (AvgIpc) is 2.20. The van der Waals surface area contributed by atoms with Gasteiger partial charge in [0, 0.05) is 13.0 Å². The molecule has 1 rings (SSSR count). The summed E-state index contributed by atoms with van der Waals surface area (Å²) < 4.78 is 18.6. The van der Waals surface area contributed by atoms with Gasteiger partial charge in [0.25, 0.3) is 0 Å². The van der Waals surface area contributed by atoms with Crippen LogP contribution in [-0.2, 0) is 6.42 Å². The molecule has 0 heterocycles. The zero-order chi connectivity index (χ0) is 12.1. The van der Waals surface area contributed by atoms with Crippen molar-refractivity contribution < 1.29 is 14.2 Å². The molecule has 1 N–H and O–H groups in total. The van der Waals surface area contributed by atoms with Crippen LogP contribution in [0.5, 0.6) is 5.75 Å². The number of nitrogens with zero attached hydrogens (tertiary/aromatic N) is 1. The molecule has 16 heavy (non-hydrogen) atoms. The first-order valence-electron chi connectivity index (χ1n) is 5.18. The van der Waals surface area contributed by atoms with Gasteiger partial charge in [-0.05, 0) is 25.7 Å². The summed E-state index contributed by atoms with van der Waals surface area (Å²) in [5.74, 6) is -0.169. The third-order valence-corrected chi connectivity index (χ3v) is 2.29. The molecule has 0 bridgehead atoms. The monoisotopic (exact) mass is 227 g/mol. The summed E-state index contributed by atoms with van der Waals surface area (Å²) in [6, 6.07) is 4.95. The summed E-state index contributed by atoms with van der Waals surface area (Å²) in [6.07, 6.45) is -0.280. The van der Waals surface area contributed by atoms with Crippen LogP contribution in [0.25, 0.3) is 0 Å². The number of hydrogen-bond donors (Lipinski definition) is 1. The molecule has 0 aliphatic heterocycles. The Morgan fingerprint density at radius 2 is 2.12 bits per heavy atom. The van der Waals surface area contributed by atoms with E-state index in [-0.39, 0.29) is 11.6 Å². The van der Waals surface area contributed by atoms with Gasteiger partial charge in [0.15, 0.2) is 11.6 Å². The molecular weight excluding hydrogens is 209 g/mol. The van der Waals surface area contributed by atoms with Gasteiger partial charge in [0.05, 0.1) is 13.2 Å². The predicted octanol–water partition coefficient (Wildman–Crippen LogP) is 1.30. The lowest BCUT2D eigenvalue weighted by Gasteiger charge is -2.16. The maximum Gasteiger partial charge on any atom is 0.168 e. The minimum Gasteiger partial charge on any atom is -0.494 e. The van der Waals surface area contributed by atoms with Crippen LogP contribution in [0.4, 0.5) is 4.39 Å². The van der Waals surface area contributed by atoms with Gasteiger partial charge in [-0.2, -0.15) is 0 Å². The number of benzene rings is 1. The molecule has 0 aromatic heterocycles. The first-order chi connectivity index (χ1) is 7.54. The van der Waals surface area contributed by atoms with E-state index < -0.39 is 6.10 Å². The Hall–Kier alpha value is -1.13. The van der Waals surface area contributed by atoms with Crippen LogP contribution in [0.3, 0.4) is 0 Å². The molecule has 1 aromatic carbocycles. The van der Waals surface area contributed by atoms with Crippen molar-refractivity contribution in [2.45, 2.75) is 12.5 Å². The number of aliphatic hydroxyl groups is 1. The maximum atomic E-state index is 13.7. The second kappa shape index (κ2) is 5.82. The Morgan fingerprint density at radius 3 is 2.69 bits per heavy atom. The predicted molar refractivity (Wildman–Crippen MR) is 61.2 cm³/mol. The molecule has 0 aliphatic rings. The van der Waals surface area contributed by atoms with Gasteiger partial charge in [0.2, 0.25) is 0 Å². The number of likely N-dealkylation sites (N-methyl/N-ethyl adjacent to an activating group) is 1. The van der Waals surface area contributed by atoms with Crippen molar-refractivity contribution in [1.29, 1.82) is 0 Å². The van der Waals surface area contributed by atoms with E-state index in [9.17, 15) is 9.50 Å². The fraction of sp³-hybridized carbons (Fsp3) is 0.500. The largest absolute Gasteiger partial charge is 0.494 e. The maximum absolute atomic E-state index is 13.7. The summed E-state index contributed by atoms with van der Waals surface area (Å²) in [7, 11) is 5.16. The van der Waals surface area contributed by atoms with Gasteiger partial charge in [0.1, 0.15) is 0 Å². The van der Waals surface area contributed by atoms with Crippen molar-refractivity contribution in [2.75, 3.05) is 27.7 Å². The van der Waals surface area contributed by atoms with Crippen LogP contribution in [0.15, 0.2) is 18.2 Å². The number of rotatable bonds is 5. The smallest absolute Gasteiger partial charge is 0.168 e. The molecule has 0 aliphatic carbocycles. The van der Waals surface area contributed by atoms with E-state index in [0.717, 1.165) is 0 Å². The van der Waals surface area contributed by atoms with Crippen molar-refractivity contribution in [3.05, 3.63) is 29.6 Å². The highest BCUT2D eigenvalue weighted by molar-refractivity contribution is 5.31. The Balaban J connectivity index is 2.73. The molecule has 0 amide bonds. The topological polar surface area (TPSA) is 32.7 Å². The van der Waals surface area contributed by atoms with Gasteiger partial charge < -0.3 is 14.7 Å². The highest BCUT2D eigenvalue weighted by atomic mass is 19.1. The van der Waals surface area contributed by atoms with Crippen molar-refractivity contribution in [2.24, 2.45) is 0 Å². The molecule has 1 unspecified atom stereocenters. The van der Waals surface area contributed by atoms with Crippen LogP contribution in [0.2, 0.25) is 0 Å². The summed E-state index contributed by atoms with van der Waals surface area (Å²) in [4.78, 5) is 1.86. The minimum absolute atomic E-state index is 0.217. The van der Waals surface area contributed by atoms with Crippen LogP contribution in [0.1, 0.15) is 5.56 Å². The van der Waals surface area contributed by atoms with Crippen LogP contribution >= 0.6 is 0 Å². The molecule has 0 radical (unpaired) electrons. The average molecular weight is 227 g/mol. The van der Waals surface area contributed by atoms with Gasteiger partial charge in [-0.25, -0.2) is 4.39 Å². The fourth-order valence-electron chi connectivity index (χ4n) is 1.61. The first kappa shape index (κ1) is 12.9. The van der Waals surface area contributed by atoms with Gasteiger partial charge in [-0.3, -0.25) is 0 Å². The molecule has 0 saturated heterocycles. The highest BCUT2D eigenvalue weighted by Gasteiger charge is 2.13. The third-order valence-electron chi connectivity index (χ3n) is 2.29. The number of ether oxygens (including phenoxy) is 1. The number of methoxy groups -OCH3 is 1. The molecular formula is C12H18FNO2. The molecule has 3 nitrogen and oxygen atoms in total. The Bertz CT molecular complexity index is 342. The van der Waals surface area contributed by atoms with E-state index in [1.54, 1.807) is 18.2 Å². The Morgan fingerprint density at radius 1 is 1.44 bits per heavy atom. The van der Waals surface area contributed by atoms with Gasteiger partial charge >= 0.3 is 0 Å². The molecule has 1 atom stereocenters. The molecule has 0 saturated carbocycles. The van der Waals surface area contributed by atoms with E-state index in [1.165, 1.54) is 7.11 Å². The SMILES string of the molecule is COc1cccc(CC(O)CN(C)C)c1F. The van der Waals surface area contributed by atoms with E-state index in [4.69, 9.17) is 4.74 Å². The summed E-state index contributed by atoms with van der Waals surface area (Å²) in [5, 5.41) is 9.71. The first-order valence-corrected chi connectivity index (χ1v) is 5.18. The second-order valence-electron chi connectivity index (χ2n) is 4.05. The van der Waals surface area contributed by atoms with Crippen molar-refractivity contribution >= 4 is 0 Å². The number of halogens is 1. The summed E-state index contributed by atoms with van der Waals surface area (Å²) in [5.41, 5.74) is 0.480. The number of hydrogen-bond acceptors (Lipinski definition) is 3. The van der Waals surface area contributed by atoms with Crippen LogP contribution in [-0.4, -0.2) is 43.9 Å². The highest BCUT2D eigenvalue weighted by Crippen LogP contribution is 2.21. The van der Waals surface area contributed by atoms with Crippen molar-refractivity contribution in [3.8, 4) is 5.75 Å².